The van der Waals surface area contributed by atoms with E-state index >= 15 is 0 Å². The molecule has 1 aromatic carbocycles. The van der Waals surface area contributed by atoms with E-state index in [4.69, 9.17) is 10.5 Å². The maximum Gasteiger partial charge on any atom is 0.254 e. The molecule has 0 fully saturated rings. The number of nitrogen functional groups attached to an aromatic ring is 1. The molecular weight excluding hydrogens is 296 g/mol. The van der Waals surface area contributed by atoms with Gasteiger partial charge < -0.3 is 15.8 Å². The van der Waals surface area contributed by atoms with Crippen LogP contribution in [0.4, 0.5) is 5.00 Å². The summed E-state index contributed by atoms with van der Waals surface area (Å²) >= 11 is 1.45. The van der Waals surface area contributed by atoms with E-state index in [-0.39, 0.29) is 5.91 Å². The predicted molar refractivity (Wildman–Crippen MR) is 92.8 cm³/mol. The standard InChI is InChI=1S/C17H22N2O2S/c1-5-8-19-17(20)15-14(11(3)22-16(15)18)12-6-7-13(21-4)10(2)9-12/h6-7,9H,5,8,18H2,1-4H3,(H,19,20). The number of carbonyl (C=O) groups is 1. The molecule has 0 aliphatic carbocycles. The average molecular weight is 318 g/mol. The van der Waals surface area contributed by atoms with Gasteiger partial charge in [-0.15, -0.1) is 11.3 Å². The monoisotopic (exact) mass is 318 g/mol. The largest absolute Gasteiger partial charge is 0.496 e. The quantitative estimate of drug-likeness (QED) is 0.882. The smallest absolute Gasteiger partial charge is 0.254 e. The Labute approximate surface area is 135 Å². The lowest BCUT2D eigenvalue weighted by Crippen LogP contribution is -2.24. The average Bonchev–Trinajstić information content (AvgIpc) is 2.79. The zero-order chi connectivity index (χ0) is 16.3. The first kappa shape index (κ1) is 16.4. The Morgan fingerprint density at radius 3 is 2.68 bits per heavy atom. The first-order valence-electron chi connectivity index (χ1n) is 7.31. The fraction of sp³-hybridized carbons (Fsp3) is 0.353. The molecule has 5 heteroatoms. The Morgan fingerprint density at radius 2 is 2.09 bits per heavy atom. The maximum atomic E-state index is 12.4. The molecule has 0 radical (unpaired) electrons. The lowest BCUT2D eigenvalue weighted by Gasteiger charge is -2.10. The minimum atomic E-state index is -0.104. The van der Waals surface area contributed by atoms with Crippen molar-refractivity contribution in [3.8, 4) is 16.9 Å². The first-order valence-corrected chi connectivity index (χ1v) is 8.13. The van der Waals surface area contributed by atoms with Crippen LogP contribution in [0.2, 0.25) is 0 Å². The van der Waals surface area contributed by atoms with Crippen molar-refractivity contribution in [2.45, 2.75) is 27.2 Å². The molecule has 1 amide bonds. The maximum absolute atomic E-state index is 12.4. The number of methoxy groups -OCH3 is 1. The molecular formula is C17H22N2O2S. The Morgan fingerprint density at radius 1 is 1.36 bits per heavy atom. The highest BCUT2D eigenvalue weighted by molar-refractivity contribution is 7.16. The van der Waals surface area contributed by atoms with Crippen molar-refractivity contribution >= 4 is 22.2 Å². The number of rotatable bonds is 5. The molecule has 4 nitrogen and oxygen atoms in total. The number of amides is 1. The summed E-state index contributed by atoms with van der Waals surface area (Å²) in [7, 11) is 1.65. The third-order valence-electron chi connectivity index (χ3n) is 3.56. The predicted octanol–water partition coefficient (Wildman–Crippen LogP) is 3.76. The van der Waals surface area contributed by atoms with Gasteiger partial charge in [0.1, 0.15) is 5.75 Å². The Bertz CT molecular complexity index is 692. The molecule has 0 bridgehead atoms. The number of anilines is 1. The lowest BCUT2D eigenvalue weighted by atomic mass is 9.99. The second kappa shape index (κ2) is 6.83. The van der Waals surface area contributed by atoms with Crippen LogP contribution in [-0.2, 0) is 0 Å². The molecule has 2 aromatic rings. The minimum Gasteiger partial charge on any atom is -0.496 e. The number of benzene rings is 1. The van der Waals surface area contributed by atoms with E-state index in [1.165, 1.54) is 11.3 Å². The van der Waals surface area contributed by atoms with Crippen molar-refractivity contribution in [1.82, 2.24) is 5.32 Å². The van der Waals surface area contributed by atoms with Gasteiger partial charge in [-0.2, -0.15) is 0 Å². The second-order valence-corrected chi connectivity index (χ2v) is 6.47. The van der Waals surface area contributed by atoms with Crippen molar-refractivity contribution in [1.29, 1.82) is 0 Å². The number of carbonyl (C=O) groups excluding carboxylic acids is 1. The third kappa shape index (κ3) is 3.09. The molecule has 1 aromatic heterocycles. The van der Waals surface area contributed by atoms with Gasteiger partial charge in [-0.1, -0.05) is 13.0 Å². The topological polar surface area (TPSA) is 64.4 Å². The molecule has 0 saturated heterocycles. The van der Waals surface area contributed by atoms with Gasteiger partial charge >= 0.3 is 0 Å². The van der Waals surface area contributed by atoms with Gasteiger partial charge in [-0.25, -0.2) is 0 Å². The van der Waals surface area contributed by atoms with Gasteiger partial charge in [-0.3, -0.25) is 4.79 Å². The summed E-state index contributed by atoms with van der Waals surface area (Å²) in [5.41, 5.74) is 9.60. The molecule has 0 saturated carbocycles. The van der Waals surface area contributed by atoms with E-state index in [2.05, 4.69) is 5.32 Å². The van der Waals surface area contributed by atoms with Crippen molar-refractivity contribution < 1.29 is 9.53 Å². The SMILES string of the molecule is CCCNC(=O)c1c(N)sc(C)c1-c1ccc(OC)c(C)c1. The molecule has 2 rings (SSSR count). The van der Waals surface area contributed by atoms with Crippen LogP contribution in [0.25, 0.3) is 11.1 Å². The molecule has 0 atom stereocenters. The van der Waals surface area contributed by atoms with Crippen molar-refractivity contribution in [2.75, 3.05) is 19.4 Å². The third-order valence-corrected chi connectivity index (χ3v) is 4.49. The molecule has 3 N–H and O–H groups in total. The van der Waals surface area contributed by atoms with E-state index in [0.717, 1.165) is 33.7 Å². The zero-order valence-electron chi connectivity index (χ0n) is 13.4. The fourth-order valence-electron chi connectivity index (χ4n) is 2.50. The van der Waals surface area contributed by atoms with E-state index in [9.17, 15) is 4.79 Å². The number of nitrogens with one attached hydrogen (secondary N) is 1. The van der Waals surface area contributed by atoms with Crippen LogP contribution in [0.3, 0.4) is 0 Å². The summed E-state index contributed by atoms with van der Waals surface area (Å²) < 4.78 is 5.30. The molecule has 0 unspecified atom stereocenters. The highest BCUT2D eigenvalue weighted by Crippen LogP contribution is 2.39. The summed E-state index contributed by atoms with van der Waals surface area (Å²) in [6.07, 6.45) is 0.895. The van der Waals surface area contributed by atoms with Gasteiger partial charge in [0.2, 0.25) is 0 Å². The molecule has 1 heterocycles. The van der Waals surface area contributed by atoms with E-state index < -0.39 is 0 Å². The summed E-state index contributed by atoms with van der Waals surface area (Å²) in [6, 6.07) is 5.92. The summed E-state index contributed by atoms with van der Waals surface area (Å²) in [5.74, 6) is 0.730. The van der Waals surface area contributed by atoms with Gasteiger partial charge in [0, 0.05) is 17.0 Å². The lowest BCUT2D eigenvalue weighted by molar-refractivity contribution is 0.0955. The van der Waals surface area contributed by atoms with E-state index in [1.807, 2.05) is 39.0 Å². The highest BCUT2D eigenvalue weighted by Gasteiger charge is 2.21. The molecule has 0 spiro atoms. The number of nitrogens with two attached hydrogens (primary N) is 1. The Hall–Kier alpha value is -2.01. The van der Waals surface area contributed by atoms with Crippen LogP contribution in [0.5, 0.6) is 5.75 Å². The molecule has 118 valence electrons. The van der Waals surface area contributed by atoms with Gasteiger partial charge in [0.25, 0.3) is 5.91 Å². The van der Waals surface area contributed by atoms with Crippen LogP contribution >= 0.6 is 11.3 Å². The number of aryl methyl sites for hydroxylation is 2. The number of ether oxygens (including phenoxy) is 1. The fourth-order valence-corrected chi connectivity index (χ4v) is 3.45. The summed E-state index contributed by atoms with van der Waals surface area (Å²) in [4.78, 5) is 13.5. The van der Waals surface area contributed by atoms with Crippen molar-refractivity contribution in [2.24, 2.45) is 0 Å². The Balaban J connectivity index is 2.51. The minimum absolute atomic E-state index is 0.104. The Kier molecular flexibility index (Phi) is 5.08. The second-order valence-electron chi connectivity index (χ2n) is 5.21. The van der Waals surface area contributed by atoms with E-state index in [0.29, 0.717) is 17.1 Å². The van der Waals surface area contributed by atoms with Crippen molar-refractivity contribution in [3.63, 3.8) is 0 Å². The van der Waals surface area contributed by atoms with Crippen LogP contribution in [0, 0.1) is 13.8 Å². The van der Waals surface area contributed by atoms with E-state index in [1.54, 1.807) is 7.11 Å². The summed E-state index contributed by atoms with van der Waals surface area (Å²) in [6.45, 7) is 6.65. The van der Waals surface area contributed by atoms with Crippen LogP contribution in [0.15, 0.2) is 18.2 Å². The van der Waals surface area contributed by atoms with Crippen molar-refractivity contribution in [3.05, 3.63) is 34.2 Å². The molecule has 0 aliphatic rings. The number of hydrogen-bond donors (Lipinski definition) is 2. The highest BCUT2D eigenvalue weighted by atomic mass is 32.1. The first-order chi connectivity index (χ1) is 10.5. The molecule has 0 aliphatic heterocycles. The van der Waals surface area contributed by atoms with Gasteiger partial charge in [-0.05, 0) is 43.5 Å². The van der Waals surface area contributed by atoms with Crippen LogP contribution < -0.4 is 15.8 Å². The van der Waals surface area contributed by atoms with Gasteiger partial charge in [0.15, 0.2) is 0 Å². The van der Waals surface area contributed by atoms with Crippen LogP contribution in [0.1, 0.15) is 34.1 Å². The number of hydrogen-bond acceptors (Lipinski definition) is 4. The zero-order valence-corrected chi connectivity index (χ0v) is 14.3. The van der Waals surface area contributed by atoms with Crippen LogP contribution in [-0.4, -0.2) is 19.6 Å². The van der Waals surface area contributed by atoms with Gasteiger partial charge in [0.05, 0.1) is 17.7 Å². The summed E-state index contributed by atoms with van der Waals surface area (Å²) in [5, 5.41) is 3.48. The normalized spacial score (nSPS) is 10.5. The molecule has 22 heavy (non-hydrogen) atoms. The number of thiophene rings is 1.